The van der Waals surface area contributed by atoms with Crippen molar-refractivity contribution in [3.63, 3.8) is 0 Å². The van der Waals surface area contributed by atoms with Crippen molar-refractivity contribution in [1.82, 2.24) is 20.7 Å². The second kappa shape index (κ2) is 9.09. The van der Waals surface area contributed by atoms with Crippen LogP contribution in [0.2, 0.25) is 5.02 Å². The number of halogens is 1. The summed E-state index contributed by atoms with van der Waals surface area (Å²) in [6.07, 6.45) is 0.674. The van der Waals surface area contributed by atoms with Crippen LogP contribution in [0.5, 0.6) is 0 Å². The zero-order valence-electron chi connectivity index (χ0n) is 16.5. The smallest absolute Gasteiger partial charge is 0.269 e. The number of amides is 1. The van der Waals surface area contributed by atoms with Crippen LogP contribution in [0, 0.1) is 10.1 Å². The third-order valence-corrected chi connectivity index (χ3v) is 5.90. The molecule has 2 fully saturated rings. The topological polar surface area (TPSA) is 90.8 Å². The van der Waals surface area contributed by atoms with E-state index in [0.29, 0.717) is 31.1 Å². The van der Waals surface area contributed by atoms with Gasteiger partial charge >= 0.3 is 0 Å². The van der Waals surface area contributed by atoms with Crippen molar-refractivity contribution >= 4 is 23.2 Å². The molecule has 0 spiro atoms. The van der Waals surface area contributed by atoms with Crippen LogP contribution in [0.25, 0.3) is 0 Å². The van der Waals surface area contributed by atoms with Crippen molar-refractivity contribution in [1.29, 1.82) is 0 Å². The largest absolute Gasteiger partial charge is 0.339 e. The van der Waals surface area contributed by atoms with Gasteiger partial charge in [-0.25, -0.2) is 10.9 Å². The predicted octanol–water partition coefficient (Wildman–Crippen LogP) is 2.50. The number of hydrogen-bond donors (Lipinski definition) is 2. The van der Waals surface area contributed by atoms with Gasteiger partial charge in [0, 0.05) is 55.9 Å². The summed E-state index contributed by atoms with van der Waals surface area (Å²) >= 11 is 6.08. The lowest BCUT2D eigenvalue weighted by Crippen LogP contribution is -2.53. The molecule has 9 heteroatoms. The van der Waals surface area contributed by atoms with Gasteiger partial charge in [-0.05, 0) is 29.7 Å². The Morgan fingerprint density at radius 3 is 2.60 bits per heavy atom. The van der Waals surface area contributed by atoms with E-state index >= 15 is 0 Å². The molecule has 2 aliphatic rings. The number of nitro benzene ring substituents is 1. The van der Waals surface area contributed by atoms with Crippen LogP contribution in [0.1, 0.15) is 23.6 Å². The summed E-state index contributed by atoms with van der Waals surface area (Å²) in [6.45, 7) is 3.42. The Labute approximate surface area is 179 Å². The van der Waals surface area contributed by atoms with Crippen LogP contribution >= 0.6 is 11.6 Å². The summed E-state index contributed by atoms with van der Waals surface area (Å²) in [7, 11) is 0. The zero-order valence-corrected chi connectivity index (χ0v) is 17.2. The van der Waals surface area contributed by atoms with Gasteiger partial charge in [-0.2, -0.15) is 0 Å². The average Bonchev–Trinajstić information content (AvgIpc) is 3.24. The number of carbonyl (C=O) groups excluding carboxylic acids is 1. The van der Waals surface area contributed by atoms with Gasteiger partial charge < -0.3 is 4.90 Å². The summed E-state index contributed by atoms with van der Waals surface area (Å²) in [6, 6.07) is 14.2. The normalized spacial score (nSPS) is 22.2. The third-order valence-electron chi connectivity index (χ3n) is 5.66. The third kappa shape index (κ3) is 4.79. The maximum atomic E-state index is 12.9. The SMILES string of the molecule is O=C(C1CC(c2cccc(Cl)c2)NN1)N1CCN(Cc2cccc([N+](=O)[O-])c2)CC1. The van der Waals surface area contributed by atoms with Gasteiger partial charge in [0.25, 0.3) is 5.69 Å². The van der Waals surface area contributed by atoms with Crippen LogP contribution in [-0.4, -0.2) is 52.9 Å². The zero-order chi connectivity index (χ0) is 21.1. The molecule has 0 aliphatic carbocycles. The Balaban J connectivity index is 1.28. The molecule has 4 rings (SSSR count). The summed E-state index contributed by atoms with van der Waals surface area (Å²) in [5.74, 6) is 0.0991. The Morgan fingerprint density at radius 2 is 1.87 bits per heavy atom. The van der Waals surface area contributed by atoms with E-state index in [1.54, 1.807) is 12.1 Å². The van der Waals surface area contributed by atoms with Crippen molar-refractivity contribution in [2.75, 3.05) is 26.2 Å². The highest BCUT2D eigenvalue weighted by Crippen LogP contribution is 2.25. The standard InChI is InChI=1S/C21H24ClN5O3/c22-17-5-2-4-16(12-17)19-13-20(24-23-19)21(28)26-9-7-25(8-10-26)14-15-3-1-6-18(11-15)27(29)30/h1-6,11-12,19-20,23-24H,7-10,13-14H2. The van der Waals surface area contributed by atoms with E-state index in [4.69, 9.17) is 11.6 Å². The maximum absolute atomic E-state index is 12.9. The lowest BCUT2D eigenvalue weighted by molar-refractivity contribution is -0.384. The van der Waals surface area contributed by atoms with Crippen LogP contribution in [0.15, 0.2) is 48.5 Å². The van der Waals surface area contributed by atoms with E-state index < -0.39 is 0 Å². The lowest BCUT2D eigenvalue weighted by atomic mass is 10.0. The predicted molar refractivity (Wildman–Crippen MR) is 114 cm³/mol. The number of hydrazine groups is 1. The number of nitrogens with one attached hydrogen (secondary N) is 2. The number of nitro groups is 1. The molecular formula is C21H24ClN5O3. The van der Waals surface area contributed by atoms with Gasteiger partial charge in [-0.15, -0.1) is 0 Å². The molecule has 2 aliphatic heterocycles. The van der Waals surface area contributed by atoms with Crippen molar-refractivity contribution in [3.05, 3.63) is 74.8 Å². The molecule has 0 saturated carbocycles. The van der Waals surface area contributed by atoms with Crippen molar-refractivity contribution in [3.8, 4) is 0 Å². The molecule has 2 saturated heterocycles. The molecule has 0 aromatic heterocycles. The van der Waals surface area contributed by atoms with Crippen molar-refractivity contribution < 1.29 is 9.72 Å². The lowest BCUT2D eigenvalue weighted by Gasteiger charge is -2.35. The highest BCUT2D eigenvalue weighted by atomic mass is 35.5. The van der Waals surface area contributed by atoms with E-state index in [-0.39, 0.29) is 28.6 Å². The number of piperazine rings is 1. The van der Waals surface area contributed by atoms with Gasteiger partial charge in [0.15, 0.2) is 0 Å². The van der Waals surface area contributed by atoms with Gasteiger partial charge in [0.2, 0.25) is 5.91 Å². The van der Waals surface area contributed by atoms with Gasteiger partial charge in [-0.3, -0.25) is 19.8 Å². The highest BCUT2D eigenvalue weighted by molar-refractivity contribution is 6.30. The number of benzene rings is 2. The Bertz CT molecular complexity index is 932. The van der Waals surface area contributed by atoms with E-state index in [2.05, 4.69) is 15.8 Å². The molecule has 2 atom stereocenters. The first-order valence-corrected chi connectivity index (χ1v) is 10.4. The number of rotatable bonds is 5. The molecule has 1 amide bonds. The Hall–Kier alpha value is -2.52. The monoisotopic (exact) mass is 429 g/mol. The Kier molecular flexibility index (Phi) is 6.29. The summed E-state index contributed by atoms with van der Waals surface area (Å²) in [5, 5.41) is 11.6. The van der Waals surface area contributed by atoms with E-state index in [1.807, 2.05) is 35.2 Å². The molecule has 2 unspecified atom stereocenters. The molecular weight excluding hydrogens is 406 g/mol. The fraction of sp³-hybridized carbons (Fsp3) is 0.381. The summed E-state index contributed by atoms with van der Waals surface area (Å²) in [5.41, 5.74) is 8.41. The fourth-order valence-corrected chi connectivity index (χ4v) is 4.23. The second-order valence-corrected chi connectivity index (χ2v) is 8.15. The summed E-state index contributed by atoms with van der Waals surface area (Å²) in [4.78, 5) is 27.6. The molecule has 0 radical (unpaired) electrons. The minimum absolute atomic E-state index is 0.0489. The van der Waals surface area contributed by atoms with E-state index in [0.717, 1.165) is 24.2 Å². The van der Waals surface area contributed by atoms with Crippen molar-refractivity contribution in [2.45, 2.75) is 25.0 Å². The molecule has 2 N–H and O–H groups in total. The molecule has 8 nitrogen and oxygen atoms in total. The molecule has 2 heterocycles. The fourth-order valence-electron chi connectivity index (χ4n) is 4.03. The van der Waals surface area contributed by atoms with Crippen molar-refractivity contribution in [2.24, 2.45) is 0 Å². The maximum Gasteiger partial charge on any atom is 0.269 e. The van der Waals surface area contributed by atoms with Crippen LogP contribution in [0.3, 0.4) is 0 Å². The molecule has 2 aromatic rings. The highest BCUT2D eigenvalue weighted by Gasteiger charge is 2.34. The minimum atomic E-state index is -0.376. The molecule has 30 heavy (non-hydrogen) atoms. The quantitative estimate of drug-likeness (QED) is 0.560. The van der Waals surface area contributed by atoms with E-state index in [1.165, 1.54) is 6.07 Å². The Morgan fingerprint density at radius 1 is 1.10 bits per heavy atom. The van der Waals surface area contributed by atoms with Crippen LogP contribution < -0.4 is 10.9 Å². The molecule has 2 aromatic carbocycles. The minimum Gasteiger partial charge on any atom is -0.339 e. The van der Waals surface area contributed by atoms with Gasteiger partial charge in [-0.1, -0.05) is 35.9 Å². The molecule has 0 bridgehead atoms. The molecule has 158 valence electrons. The number of non-ortho nitro benzene ring substituents is 1. The van der Waals surface area contributed by atoms with Crippen LogP contribution in [-0.2, 0) is 11.3 Å². The van der Waals surface area contributed by atoms with E-state index in [9.17, 15) is 14.9 Å². The first kappa shape index (κ1) is 20.7. The number of hydrogen-bond acceptors (Lipinski definition) is 6. The number of carbonyl (C=O) groups is 1. The van der Waals surface area contributed by atoms with Gasteiger partial charge in [0.1, 0.15) is 6.04 Å². The first-order valence-electron chi connectivity index (χ1n) is 10.0. The summed E-state index contributed by atoms with van der Waals surface area (Å²) < 4.78 is 0. The second-order valence-electron chi connectivity index (χ2n) is 7.71. The first-order chi connectivity index (χ1) is 14.5. The van der Waals surface area contributed by atoms with Gasteiger partial charge in [0.05, 0.1) is 4.92 Å². The number of nitrogens with zero attached hydrogens (tertiary/aromatic N) is 3. The van der Waals surface area contributed by atoms with Crippen LogP contribution in [0.4, 0.5) is 5.69 Å². The average molecular weight is 430 g/mol.